The van der Waals surface area contributed by atoms with Crippen molar-refractivity contribution in [3.8, 4) is 0 Å². The van der Waals surface area contributed by atoms with E-state index in [4.69, 9.17) is 0 Å². The first-order chi connectivity index (χ1) is 8.21. The van der Waals surface area contributed by atoms with Crippen molar-refractivity contribution in [2.24, 2.45) is 0 Å². The fraction of sp³-hybridized carbons (Fsp3) is 0.385. The smallest absolute Gasteiger partial charge is 0.334 e. The van der Waals surface area contributed by atoms with E-state index in [2.05, 4.69) is 0 Å². The Morgan fingerprint density at radius 1 is 1.39 bits per heavy atom. The van der Waals surface area contributed by atoms with Crippen LogP contribution in [0.5, 0.6) is 0 Å². The lowest BCUT2D eigenvalue weighted by Crippen LogP contribution is -2.49. The maximum absolute atomic E-state index is 13.5. The van der Waals surface area contributed by atoms with Crippen LogP contribution in [0.2, 0.25) is 0 Å². The third-order valence-corrected chi connectivity index (χ3v) is 3.29. The summed E-state index contributed by atoms with van der Waals surface area (Å²) in [5.41, 5.74) is -0.923. The molecule has 1 N–H and O–H groups in total. The summed E-state index contributed by atoms with van der Waals surface area (Å²) in [6, 6.07) is 4.18. The van der Waals surface area contributed by atoms with Gasteiger partial charge in [-0.3, -0.25) is 4.79 Å². The maximum Gasteiger partial charge on any atom is 0.334 e. The molecule has 1 aromatic carbocycles. The van der Waals surface area contributed by atoms with Gasteiger partial charge >= 0.3 is 5.97 Å². The number of benzene rings is 1. The van der Waals surface area contributed by atoms with E-state index in [1.54, 1.807) is 6.92 Å². The lowest BCUT2D eigenvalue weighted by atomic mass is 9.89. The topological polar surface area (TPSA) is 57.6 Å². The Labute approximate surface area is 105 Å². The van der Waals surface area contributed by atoms with Crippen LogP contribution in [0.3, 0.4) is 0 Å². The third kappa shape index (κ3) is 2.20. The van der Waals surface area contributed by atoms with Crippen LogP contribution in [0.25, 0.3) is 0 Å². The first kappa shape index (κ1) is 14.2. The van der Waals surface area contributed by atoms with E-state index >= 15 is 0 Å². The van der Waals surface area contributed by atoms with Crippen molar-refractivity contribution in [1.29, 1.82) is 0 Å². The van der Waals surface area contributed by atoms with E-state index in [1.165, 1.54) is 33.0 Å². The molecule has 0 aliphatic rings. The summed E-state index contributed by atoms with van der Waals surface area (Å²) < 4.78 is 13.5. The first-order valence-electron chi connectivity index (χ1n) is 5.45. The highest BCUT2D eigenvalue weighted by atomic mass is 19.1. The fourth-order valence-electron chi connectivity index (χ4n) is 1.67. The second-order valence-electron chi connectivity index (χ2n) is 4.42. The van der Waals surface area contributed by atoms with Gasteiger partial charge in [-0.2, -0.15) is 0 Å². The number of nitrogens with zero attached hydrogens (tertiary/aromatic N) is 1. The van der Waals surface area contributed by atoms with Crippen LogP contribution < -0.4 is 0 Å². The minimum Gasteiger partial charge on any atom is -0.479 e. The molecule has 0 spiro atoms. The van der Waals surface area contributed by atoms with Crippen LogP contribution >= 0.6 is 0 Å². The van der Waals surface area contributed by atoms with E-state index in [9.17, 15) is 19.1 Å². The van der Waals surface area contributed by atoms with Gasteiger partial charge in [0.25, 0.3) is 0 Å². The summed E-state index contributed by atoms with van der Waals surface area (Å²) in [4.78, 5) is 23.9. The average molecular weight is 253 g/mol. The summed E-state index contributed by atoms with van der Waals surface area (Å²) in [7, 11) is 1.38. The number of aryl methyl sites for hydroxylation is 1. The first-order valence-corrected chi connectivity index (χ1v) is 5.45. The van der Waals surface area contributed by atoms with Gasteiger partial charge in [0, 0.05) is 14.0 Å². The normalized spacial score (nSPS) is 13.8. The zero-order valence-electron chi connectivity index (χ0n) is 10.8. The molecular weight excluding hydrogens is 237 g/mol. The maximum atomic E-state index is 13.5. The molecule has 0 aliphatic carbocycles. The SMILES string of the molecule is CC(=O)N(C)C(C)(C(=O)O)c1ccc(C)c(F)c1. The van der Waals surface area contributed by atoms with E-state index in [-0.39, 0.29) is 5.56 Å². The summed E-state index contributed by atoms with van der Waals surface area (Å²) >= 11 is 0. The number of hydrogen-bond acceptors (Lipinski definition) is 2. The lowest BCUT2D eigenvalue weighted by molar-refractivity contribution is -0.156. The summed E-state index contributed by atoms with van der Waals surface area (Å²) in [6.07, 6.45) is 0. The molecule has 4 nitrogen and oxygen atoms in total. The minimum atomic E-state index is -1.58. The molecule has 1 amide bonds. The second kappa shape index (κ2) is 4.76. The van der Waals surface area contributed by atoms with Crippen molar-refractivity contribution in [3.05, 3.63) is 35.1 Å². The monoisotopic (exact) mass is 253 g/mol. The molecule has 1 atom stereocenters. The Morgan fingerprint density at radius 2 is 1.94 bits per heavy atom. The number of carboxylic acids is 1. The lowest BCUT2D eigenvalue weighted by Gasteiger charge is -2.35. The Hall–Kier alpha value is -1.91. The summed E-state index contributed by atoms with van der Waals surface area (Å²) in [5.74, 6) is -2.10. The van der Waals surface area contributed by atoms with Gasteiger partial charge in [-0.1, -0.05) is 12.1 Å². The average Bonchev–Trinajstić information content (AvgIpc) is 2.30. The number of carbonyl (C=O) groups excluding carboxylic acids is 1. The van der Waals surface area contributed by atoms with Gasteiger partial charge in [0.1, 0.15) is 5.82 Å². The molecule has 5 heteroatoms. The van der Waals surface area contributed by atoms with Crippen molar-refractivity contribution in [3.63, 3.8) is 0 Å². The Morgan fingerprint density at radius 3 is 2.33 bits per heavy atom. The molecule has 98 valence electrons. The highest BCUT2D eigenvalue weighted by molar-refractivity contribution is 5.86. The van der Waals surface area contributed by atoms with E-state index < -0.39 is 23.2 Å². The summed E-state index contributed by atoms with van der Waals surface area (Å²) in [5, 5.41) is 9.35. The van der Waals surface area contributed by atoms with Crippen molar-refractivity contribution >= 4 is 11.9 Å². The number of likely N-dealkylation sites (N-methyl/N-ethyl adjacent to an activating group) is 1. The number of carbonyl (C=O) groups is 2. The van der Waals surface area contributed by atoms with Gasteiger partial charge in [-0.25, -0.2) is 9.18 Å². The number of hydrogen-bond donors (Lipinski definition) is 1. The summed E-state index contributed by atoms with van der Waals surface area (Å²) in [6.45, 7) is 4.23. The number of amides is 1. The molecule has 0 heterocycles. The highest BCUT2D eigenvalue weighted by Crippen LogP contribution is 2.29. The molecule has 0 bridgehead atoms. The van der Waals surface area contributed by atoms with Gasteiger partial charge < -0.3 is 10.0 Å². The Bertz CT molecular complexity index is 501. The molecule has 0 saturated heterocycles. The van der Waals surface area contributed by atoms with Gasteiger partial charge in [-0.05, 0) is 31.0 Å². The standard InChI is InChI=1S/C13H16FNO3/c1-8-5-6-10(7-11(8)14)13(3,12(17)18)15(4)9(2)16/h5-7H,1-4H3,(H,17,18). The van der Waals surface area contributed by atoms with Crippen molar-refractivity contribution in [2.45, 2.75) is 26.3 Å². The Kier molecular flexibility index (Phi) is 3.74. The molecular formula is C13H16FNO3. The van der Waals surface area contributed by atoms with Crippen LogP contribution in [-0.2, 0) is 15.1 Å². The zero-order chi connectivity index (χ0) is 14.1. The molecule has 0 fully saturated rings. The third-order valence-electron chi connectivity index (χ3n) is 3.29. The van der Waals surface area contributed by atoms with E-state index in [1.807, 2.05) is 0 Å². The van der Waals surface area contributed by atoms with Crippen LogP contribution in [0.1, 0.15) is 25.0 Å². The number of aliphatic carboxylic acids is 1. The number of carboxylic acid groups (broad SMARTS) is 1. The van der Waals surface area contributed by atoms with Gasteiger partial charge in [0.2, 0.25) is 5.91 Å². The highest BCUT2D eigenvalue weighted by Gasteiger charge is 2.41. The molecule has 0 aliphatic heterocycles. The minimum absolute atomic E-state index is 0.232. The van der Waals surface area contributed by atoms with E-state index in [0.717, 1.165) is 11.0 Å². The van der Waals surface area contributed by atoms with Crippen LogP contribution in [0.15, 0.2) is 18.2 Å². The van der Waals surface area contributed by atoms with Crippen LogP contribution in [-0.4, -0.2) is 28.9 Å². The molecule has 18 heavy (non-hydrogen) atoms. The molecule has 1 rings (SSSR count). The quantitative estimate of drug-likeness (QED) is 0.895. The van der Waals surface area contributed by atoms with Crippen molar-refractivity contribution in [1.82, 2.24) is 4.90 Å². The Balaban J connectivity index is 3.40. The molecule has 0 aromatic heterocycles. The number of rotatable bonds is 3. The zero-order valence-corrected chi connectivity index (χ0v) is 10.8. The van der Waals surface area contributed by atoms with Gasteiger partial charge in [-0.15, -0.1) is 0 Å². The number of halogens is 1. The predicted octanol–water partition coefficient (Wildman–Crippen LogP) is 1.91. The van der Waals surface area contributed by atoms with Crippen molar-refractivity contribution in [2.75, 3.05) is 7.05 Å². The van der Waals surface area contributed by atoms with Crippen LogP contribution in [0, 0.1) is 12.7 Å². The van der Waals surface area contributed by atoms with Crippen molar-refractivity contribution < 1.29 is 19.1 Å². The van der Waals surface area contributed by atoms with Crippen LogP contribution in [0.4, 0.5) is 4.39 Å². The molecule has 1 aromatic rings. The predicted molar refractivity (Wildman–Crippen MR) is 64.6 cm³/mol. The fourth-order valence-corrected chi connectivity index (χ4v) is 1.67. The molecule has 1 unspecified atom stereocenters. The largest absolute Gasteiger partial charge is 0.479 e. The van der Waals surface area contributed by atoms with Gasteiger partial charge in [0.15, 0.2) is 5.54 Å². The van der Waals surface area contributed by atoms with Gasteiger partial charge in [0.05, 0.1) is 0 Å². The second-order valence-corrected chi connectivity index (χ2v) is 4.42. The molecule has 0 saturated carbocycles. The molecule has 0 radical (unpaired) electrons. The van der Waals surface area contributed by atoms with E-state index in [0.29, 0.717) is 5.56 Å².